The van der Waals surface area contributed by atoms with Gasteiger partial charge < -0.3 is 10.6 Å². The Morgan fingerprint density at radius 1 is 1.29 bits per heavy atom. The van der Waals surface area contributed by atoms with E-state index in [1.807, 2.05) is 49.2 Å². The number of rotatable bonds is 3. The maximum Gasteiger partial charge on any atom is 0.151 e. The average Bonchev–Trinajstić information content (AvgIpc) is 2.32. The molecule has 0 aliphatic rings. The second-order valence-electron chi connectivity index (χ2n) is 4.15. The Bertz CT molecular complexity index is 510. The van der Waals surface area contributed by atoms with Crippen LogP contribution < -0.4 is 10.6 Å². The van der Waals surface area contributed by atoms with Crippen LogP contribution in [-0.2, 0) is 6.54 Å². The van der Waals surface area contributed by atoms with E-state index in [1.165, 1.54) is 0 Å². The molecule has 88 valence electrons. The van der Waals surface area contributed by atoms with Gasteiger partial charge in [0.05, 0.1) is 6.20 Å². The van der Waals surface area contributed by atoms with E-state index < -0.39 is 0 Å². The molecule has 0 saturated heterocycles. The second-order valence-corrected chi connectivity index (χ2v) is 4.15. The van der Waals surface area contributed by atoms with Crippen molar-refractivity contribution >= 4 is 11.5 Å². The van der Waals surface area contributed by atoms with Gasteiger partial charge in [-0.15, -0.1) is 5.10 Å². The number of nitrogens with two attached hydrogens (primary N) is 1. The van der Waals surface area contributed by atoms with Crippen LogP contribution in [0.4, 0.5) is 11.5 Å². The largest absolute Gasteiger partial charge is 0.398 e. The molecule has 0 saturated carbocycles. The summed E-state index contributed by atoms with van der Waals surface area (Å²) in [5.41, 5.74) is 8.92. The average molecular weight is 228 g/mol. The predicted molar refractivity (Wildman–Crippen MR) is 69.7 cm³/mol. The van der Waals surface area contributed by atoms with Crippen molar-refractivity contribution in [2.75, 3.05) is 17.7 Å². The molecular weight excluding hydrogens is 212 g/mol. The van der Waals surface area contributed by atoms with Gasteiger partial charge >= 0.3 is 0 Å². The van der Waals surface area contributed by atoms with Crippen LogP contribution >= 0.6 is 0 Å². The first-order valence-corrected chi connectivity index (χ1v) is 5.50. The molecule has 17 heavy (non-hydrogen) atoms. The number of aromatic nitrogens is 2. The van der Waals surface area contributed by atoms with Crippen LogP contribution in [-0.4, -0.2) is 17.2 Å². The van der Waals surface area contributed by atoms with Crippen LogP contribution in [0.3, 0.4) is 0 Å². The molecule has 1 aromatic carbocycles. The number of nitrogen functional groups attached to an aromatic ring is 1. The Morgan fingerprint density at radius 2 is 2.06 bits per heavy atom. The lowest BCUT2D eigenvalue weighted by Gasteiger charge is -2.18. The van der Waals surface area contributed by atoms with Gasteiger partial charge in [0.15, 0.2) is 5.82 Å². The van der Waals surface area contributed by atoms with Gasteiger partial charge in [-0.05, 0) is 30.2 Å². The molecule has 2 N–H and O–H groups in total. The first-order chi connectivity index (χ1) is 8.16. The van der Waals surface area contributed by atoms with Gasteiger partial charge in [-0.2, -0.15) is 5.10 Å². The van der Waals surface area contributed by atoms with Crippen molar-refractivity contribution in [1.29, 1.82) is 0 Å². The quantitative estimate of drug-likeness (QED) is 0.816. The fourth-order valence-electron chi connectivity index (χ4n) is 1.65. The minimum atomic E-state index is 0.727. The van der Waals surface area contributed by atoms with E-state index in [0.29, 0.717) is 0 Å². The molecule has 0 radical (unpaired) electrons. The standard InChI is InChI=1S/C13H16N4/c1-10-7-13(16-15-8-10)17(2)9-11-5-3-4-6-12(11)14/h3-8H,9,14H2,1-2H3. The highest BCUT2D eigenvalue weighted by Gasteiger charge is 2.06. The van der Waals surface area contributed by atoms with Crippen molar-refractivity contribution in [2.45, 2.75) is 13.5 Å². The molecule has 1 heterocycles. The Balaban J connectivity index is 2.17. The lowest BCUT2D eigenvalue weighted by molar-refractivity contribution is 0.864. The summed E-state index contributed by atoms with van der Waals surface area (Å²) in [6.45, 7) is 2.73. The summed E-state index contributed by atoms with van der Waals surface area (Å²) in [5.74, 6) is 0.855. The second kappa shape index (κ2) is 4.82. The van der Waals surface area contributed by atoms with E-state index in [2.05, 4.69) is 10.2 Å². The molecule has 2 aromatic rings. The Kier molecular flexibility index (Phi) is 3.23. The summed E-state index contributed by atoms with van der Waals surface area (Å²) in [5, 5.41) is 8.05. The summed E-state index contributed by atoms with van der Waals surface area (Å²) in [6.07, 6.45) is 1.74. The molecular formula is C13H16N4. The molecule has 0 fully saturated rings. The topological polar surface area (TPSA) is 55.0 Å². The first kappa shape index (κ1) is 11.4. The summed E-state index contributed by atoms with van der Waals surface area (Å²) >= 11 is 0. The number of aryl methyl sites for hydroxylation is 1. The Morgan fingerprint density at radius 3 is 2.76 bits per heavy atom. The Labute approximate surface area is 101 Å². The highest BCUT2D eigenvalue weighted by Crippen LogP contribution is 2.16. The van der Waals surface area contributed by atoms with Gasteiger partial charge in [0, 0.05) is 19.3 Å². The van der Waals surface area contributed by atoms with E-state index >= 15 is 0 Å². The number of nitrogens with zero attached hydrogens (tertiary/aromatic N) is 3. The number of anilines is 2. The lowest BCUT2D eigenvalue weighted by Crippen LogP contribution is -2.19. The number of hydrogen-bond donors (Lipinski definition) is 1. The van der Waals surface area contributed by atoms with Crippen molar-refractivity contribution in [3.8, 4) is 0 Å². The maximum absolute atomic E-state index is 5.91. The third-order valence-electron chi connectivity index (χ3n) is 2.63. The smallest absolute Gasteiger partial charge is 0.151 e. The van der Waals surface area contributed by atoms with E-state index in [-0.39, 0.29) is 0 Å². The van der Waals surface area contributed by atoms with E-state index in [9.17, 15) is 0 Å². The van der Waals surface area contributed by atoms with Crippen molar-refractivity contribution < 1.29 is 0 Å². The first-order valence-electron chi connectivity index (χ1n) is 5.50. The normalized spacial score (nSPS) is 10.2. The summed E-state index contributed by atoms with van der Waals surface area (Å²) in [4.78, 5) is 2.03. The van der Waals surface area contributed by atoms with Crippen LogP contribution in [0.2, 0.25) is 0 Å². The molecule has 1 aromatic heterocycles. The van der Waals surface area contributed by atoms with E-state index in [1.54, 1.807) is 6.20 Å². The van der Waals surface area contributed by atoms with Crippen LogP contribution in [0, 0.1) is 6.92 Å². The van der Waals surface area contributed by atoms with Crippen LogP contribution in [0.1, 0.15) is 11.1 Å². The Hall–Kier alpha value is -2.10. The zero-order chi connectivity index (χ0) is 12.3. The molecule has 4 heteroatoms. The fourth-order valence-corrected chi connectivity index (χ4v) is 1.65. The van der Waals surface area contributed by atoms with Crippen LogP contribution in [0.25, 0.3) is 0 Å². The van der Waals surface area contributed by atoms with Crippen molar-refractivity contribution in [3.05, 3.63) is 47.7 Å². The molecule has 0 unspecified atom stereocenters. The third-order valence-corrected chi connectivity index (χ3v) is 2.63. The predicted octanol–water partition coefficient (Wildman–Crippen LogP) is 2.00. The highest BCUT2D eigenvalue weighted by atomic mass is 15.2. The molecule has 2 rings (SSSR count). The van der Waals surface area contributed by atoms with Crippen molar-refractivity contribution in [3.63, 3.8) is 0 Å². The highest BCUT2D eigenvalue weighted by molar-refractivity contribution is 5.49. The van der Waals surface area contributed by atoms with Gasteiger partial charge in [-0.1, -0.05) is 18.2 Å². The maximum atomic E-state index is 5.91. The summed E-state index contributed by atoms with van der Waals surface area (Å²) in [6, 6.07) is 9.86. The monoisotopic (exact) mass is 228 g/mol. The number of hydrogen-bond acceptors (Lipinski definition) is 4. The van der Waals surface area contributed by atoms with E-state index in [4.69, 9.17) is 5.73 Å². The number of para-hydroxylation sites is 1. The molecule has 0 atom stereocenters. The molecule has 0 aliphatic carbocycles. The SMILES string of the molecule is Cc1cnnc(N(C)Cc2ccccc2N)c1. The van der Waals surface area contributed by atoms with Crippen LogP contribution in [0.15, 0.2) is 36.5 Å². The van der Waals surface area contributed by atoms with Gasteiger partial charge in [0.1, 0.15) is 0 Å². The zero-order valence-corrected chi connectivity index (χ0v) is 10.1. The van der Waals surface area contributed by atoms with Crippen LogP contribution in [0.5, 0.6) is 0 Å². The third kappa shape index (κ3) is 2.72. The molecule has 0 spiro atoms. The number of benzene rings is 1. The lowest BCUT2D eigenvalue weighted by atomic mass is 10.1. The van der Waals surface area contributed by atoms with Crippen molar-refractivity contribution in [2.24, 2.45) is 0 Å². The molecule has 0 bridgehead atoms. The van der Waals surface area contributed by atoms with Gasteiger partial charge in [0.2, 0.25) is 0 Å². The summed E-state index contributed by atoms with van der Waals surface area (Å²) in [7, 11) is 1.98. The molecule has 4 nitrogen and oxygen atoms in total. The zero-order valence-electron chi connectivity index (χ0n) is 10.1. The molecule has 0 aliphatic heterocycles. The van der Waals surface area contributed by atoms with Gasteiger partial charge in [-0.25, -0.2) is 0 Å². The molecule has 0 amide bonds. The summed E-state index contributed by atoms with van der Waals surface area (Å²) < 4.78 is 0. The van der Waals surface area contributed by atoms with Gasteiger partial charge in [-0.3, -0.25) is 0 Å². The van der Waals surface area contributed by atoms with Gasteiger partial charge in [0.25, 0.3) is 0 Å². The van der Waals surface area contributed by atoms with Crippen molar-refractivity contribution in [1.82, 2.24) is 10.2 Å². The fraction of sp³-hybridized carbons (Fsp3) is 0.231. The minimum Gasteiger partial charge on any atom is -0.398 e. The van der Waals surface area contributed by atoms with E-state index in [0.717, 1.165) is 29.2 Å². The minimum absolute atomic E-state index is 0.727.